The monoisotopic (exact) mass is 591 g/mol. The molecule has 2 aromatic carbocycles. The number of rotatable bonds is 8. The van der Waals surface area contributed by atoms with E-state index < -0.39 is 23.5 Å². The molecule has 0 radical (unpaired) electrons. The molecular formula is C28H23Cl2N7O4. The highest BCUT2D eigenvalue weighted by Crippen LogP contribution is 2.28. The molecule has 1 atom stereocenters. The minimum Gasteiger partial charge on any atom is -0.464 e. The maximum atomic E-state index is 13.6. The Morgan fingerprint density at radius 3 is 2.51 bits per heavy atom. The summed E-state index contributed by atoms with van der Waals surface area (Å²) in [7, 11) is 2.94. The van der Waals surface area contributed by atoms with E-state index in [4.69, 9.17) is 27.9 Å². The van der Waals surface area contributed by atoms with Crippen molar-refractivity contribution in [2.45, 2.75) is 12.5 Å². The first-order chi connectivity index (χ1) is 19.7. The van der Waals surface area contributed by atoms with Gasteiger partial charge in [-0.15, -0.1) is 5.10 Å². The molecule has 208 valence electrons. The number of anilines is 1. The van der Waals surface area contributed by atoms with E-state index in [2.05, 4.69) is 20.6 Å². The summed E-state index contributed by atoms with van der Waals surface area (Å²) in [6, 6.07) is 16.2. The number of carbonyl (C=O) groups excluding carboxylic acids is 2. The van der Waals surface area contributed by atoms with Crippen LogP contribution in [0.2, 0.25) is 10.2 Å². The maximum Gasteiger partial charge on any atom is 0.354 e. The van der Waals surface area contributed by atoms with Crippen molar-refractivity contribution < 1.29 is 14.3 Å². The van der Waals surface area contributed by atoms with Crippen molar-refractivity contribution in [3.05, 3.63) is 111 Å². The first-order valence-corrected chi connectivity index (χ1v) is 13.0. The largest absolute Gasteiger partial charge is 0.464 e. The lowest BCUT2D eigenvalue weighted by atomic mass is 10.0. The van der Waals surface area contributed by atoms with Crippen LogP contribution in [0.15, 0.2) is 84.2 Å². The van der Waals surface area contributed by atoms with Crippen LogP contribution in [-0.4, -0.2) is 48.1 Å². The average molecular weight is 592 g/mol. The van der Waals surface area contributed by atoms with Gasteiger partial charge in [-0.25, -0.2) is 14.5 Å². The summed E-state index contributed by atoms with van der Waals surface area (Å²) < 4.78 is 9.06. The molecule has 0 spiro atoms. The van der Waals surface area contributed by atoms with Crippen molar-refractivity contribution in [2.75, 3.05) is 12.4 Å². The Labute approximate surface area is 243 Å². The molecule has 0 aliphatic rings. The van der Waals surface area contributed by atoms with Gasteiger partial charge in [0.15, 0.2) is 5.15 Å². The van der Waals surface area contributed by atoms with E-state index in [0.717, 1.165) is 5.56 Å². The molecule has 3 heterocycles. The normalized spacial score (nSPS) is 11.7. The molecular weight excluding hydrogens is 569 g/mol. The summed E-state index contributed by atoms with van der Waals surface area (Å²) in [4.78, 5) is 43.7. The Morgan fingerprint density at radius 2 is 1.83 bits per heavy atom. The van der Waals surface area contributed by atoms with Crippen LogP contribution in [-0.2, 0) is 23.0 Å². The fourth-order valence-electron chi connectivity index (χ4n) is 4.39. The maximum absolute atomic E-state index is 13.6. The van der Waals surface area contributed by atoms with Crippen molar-refractivity contribution in [1.29, 1.82) is 0 Å². The van der Waals surface area contributed by atoms with Crippen molar-refractivity contribution in [3.63, 3.8) is 0 Å². The number of aromatic nitrogens is 6. The average Bonchev–Trinajstić information content (AvgIpc) is 3.56. The molecule has 1 amide bonds. The molecule has 11 nitrogen and oxygen atoms in total. The smallest absolute Gasteiger partial charge is 0.354 e. The van der Waals surface area contributed by atoms with Crippen LogP contribution < -0.4 is 10.9 Å². The zero-order chi connectivity index (χ0) is 29.1. The van der Waals surface area contributed by atoms with Crippen molar-refractivity contribution in [2.24, 2.45) is 7.05 Å². The van der Waals surface area contributed by atoms with Crippen molar-refractivity contribution >= 4 is 40.8 Å². The van der Waals surface area contributed by atoms with Gasteiger partial charge >= 0.3 is 5.97 Å². The number of benzene rings is 2. The number of nitrogens with zero attached hydrogens (tertiary/aromatic N) is 6. The molecule has 1 N–H and O–H groups in total. The van der Waals surface area contributed by atoms with Crippen LogP contribution >= 0.6 is 23.2 Å². The molecule has 0 aliphatic heterocycles. The van der Waals surface area contributed by atoms with Crippen LogP contribution in [0.1, 0.15) is 22.1 Å². The molecule has 0 saturated heterocycles. The lowest BCUT2D eigenvalue weighted by Gasteiger charge is -2.19. The van der Waals surface area contributed by atoms with Gasteiger partial charge in [0.05, 0.1) is 36.7 Å². The van der Waals surface area contributed by atoms with E-state index in [1.54, 1.807) is 36.0 Å². The van der Waals surface area contributed by atoms with Gasteiger partial charge in [0.25, 0.3) is 5.56 Å². The standard InChI is InChI=1S/C28H23Cl2N7O4/c1-35-14-19(12-24(35)28(40)41-2)32-27(39)23(10-17-6-4-3-5-7-17)36-16-31-21(13-26(36)38)20-11-18(29)8-9-22(20)37-15-25(30)33-34-37/h3-9,11-16,23H,10H2,1-2H3,(H,32,39)/t23-/m0/s1. The second-order valence-corrected chi connectivity index (χ2v) is 9.90. The molecule has 5 aromatic rings. The van der Waals surface area contributed by atoms with Gasteiger partial charge in [0.2, 0.25) is 5.91 Å². The highest BCUT2D eigenvalue weighted by molar-refractivity contribution is 6.31. The van der Waals surface area contributed by atoms with E-state index in [1.165, 1.54) is 41.0 Å². The van der Waals surface area contributed by atoms with Gasteiger partial charge < -0.3 is 14.6 Å². The zero-order valence-electron chi connectivity index (χ0n) is 21.9. The number of methoxy groups -OCH3 is 1. The fraction of sp³-hybridized carbons (Fsp3) is 0.143. The summed E-state index contributed by atoms with van der Waals surface area (Å²) in [5.41, 5.74) is 2.42. The van der Waals surface area contributed by atoms with Crippen LogP contribution in [0.3, 0.4) is 0 Å². The number of ether oxygens (including phenoxy) is 1. The van der Waals surface area contributed by atoms with Crippen molar-refractivity contribution in [3.8, 4) is 16.9 Å². The number of esters is 1. The molecule has 0 fully saturated rings. The minimum atomic E-state index is -0.957. The third-order valence-electron chi connectivity index (χ3n) is 6.36. The van der Waals surface area contributed by atoms with E-state index in [-0.39, 0.29) is 17.3 Å². The molecule has 41 heavy (non-hydrogen) atoms. The lowest BCUT2D eigenvalue weighted by Crippen LogP contribution is -2.34. The Balaban J connectivity index is 1.52. The number of hydrogen-bond donors (Lipinski definition) is 1. The predicted octanol–water partition coefficient (Wildman–Crippen LogP) is 4.35. The minimum absolute atomic E-state index is 0.196. The van der Waals surface area contributed by atoms with Crippen molar-refractivity contribution in [1.82, 2.24) is 29.1 Å². The number of halogens is 2. The number of amides is 1. The van der Waals surface area contributed by atoms with Gasteiger partial charge in [-0.05, 0) is 29.8 Å². The number of carbonyl (C=O) groups is 2. The van der Waals surface area contributed by atoms with Gasteiger partial charge in [0, 0.05) is 36.3 Å². The van der Waals surface area contributed by atoms with E-state index in [1.807, 2.05) is 30.3 Å². The second kappa shape index (κ2) is 11.8. The summed E-state index contributed by atoms with van der Waals surface area (Å²) in [5, 5.41) is 11.2. The van der Waals surface area contributed by atoms with Gasteiger partial charge in [-0.3, -0.25) is 14.2 Å². The molecule has 0 unspecified atom stereocenters. The lowest BCUT2D eigenvalue weighted by molar-refractivity contribution is -0.119. The highest BCUT2D eigenvalue weighted by atomic mass is 35.5. The molecule has 5 rings (SSSR count). The topological polar surface area (TPSA) is 126 Å². The Hall–Kier alpha value is -4.74. The third-order valence-corrected chi connectivity index (χ3v) is 6.77. The number of hydrogen-bond acceptors (Lipinski definition) is 7. The molecule has 0 saturated carbocycles. The summed E-state index contributed by atoms with van der Waals surface area (Å²) >= 11 is 12.2. The molecule has 3 aromatic heterocycles. The molecule has 13 heteroatoms. The van der Waals surface area contributed by atoms with E-state index in [9.17, 15) is 14.4 Å². The van der Waals surface area contributed by atoms with Crippen LogP contribution in [0.4, 0.5) is 5.69 Å². The quantitative estimate of drug-likeness (QED) is 0.266. The zero-order valence-corrected chi connectivity index (χ0v) is 23.4. The molecule has 0 bridgehead atoms. The summed E-state index contributed by atoms with van der Waals surface area (Å²) in [6.07, 6.45) is 4.65. The van der Waals surface area contributed by atoms with Gasteiger partial charge in [-0.2, -0.15) is 0 Å². The fourth-order valence-corrected chi connectivity index (χ4v) is 4.68. The number of nitrogens with one attached hydrogen (secondary N) is 1. The van der Waals surface area contributed by atoms with Gasteiger partial charge in [-0.1, -0.05) is 58.7 Å². The first kappa shape index (κ1) is 27.8. The third kappa shape index (κ3) is 6.06. The Bertz CT molecular complexity index is 1800. The first-order valence-electron chi connectivity index (χ1n) is 12.3. The molecule has 0 aliphatic carbocycles. The van der Waals surface area contributed by atoms with Crippen LogP contribution in [0.5, 0.6) is 0 Å². The summed E-state index contributed by atoms with van der Waals surface area (Å²) in [5.74, 6) is -1.01. The van der Waals surface area contributed by atoms with Crippen LogP contribution in [0, 0.1) is 0 Å². The Kier molecular flexibility index (Phi) is 7.99. The Morgan fingerprint density at radius 1 is 1.05 bits per heavy atom. The van der Waals surface area contributed by atoms with E-state index in [0.29, 0.717) is 27.7 Å². The summed E-state index contributed by atoms with van der Waals surface area (Å²) in [6.45, 7) is 0. The SMILES string of the molecule is COC(=O)c1cc(NC(=O)[C@H](Cc2ccccc2)n2cnc(-c3cc(Cl)ccc3-n3cc(Cl)nn3)cc2=O)cn1C. The van der Waals surface area contributed by atoms with E-state index >= 15 is 0 Å². The predicted molar refractivity (Wildman–Crippen MR) is 153 cm³/mol. The number of aryl methyl sites for hydroxylation is 1. The van der Waals surface area contributed by atoms with Gasteiger partial charge in [0.1, 0.15) is 11.7 Å². The second-order valence-electron chi connectivity index (χ2n) is 9.08. The van der Waals surface area contributed by atoms with Crippen LogP contribution in [0.25, 0.3) is 16.9 Å². The highest BCUT2D eigenvalue weighted by Gasteiger charge is 2.25.